The zero-order chi connectivity index (χ0) is 18.8. The van der Waals surface area contributed by atoms with E-state index in [0.29, 0.717) is 5.56 Å². The number of rotatable bonds is 4. The van der Waals surface area contributed by atoms with E-state index in [1.807, 2.05) is 0 Å². The molecule has 0 saturated carbocycles. The fourth-order valence-electron chi connectivity index (χ4n) is 2.70. The number of benzene rings is 2. The summed E-state index contributed by atoms with van der Waals surface area (Å²) in [6, 6.07) is 9.45. The molecule has 26 heavy (non-hydrogen) atoms. The molecule has 0 aromatic heterocycles. The van der Waals surface area contributed by atoms with Gasteiger partial charge in [0.25, 0.3) is 11.6 Å². The fraction of sp³-hybridized carbons (Fsp3) is 0.176. The summed E-state index contributed by atoms with van der Waals surface area (Å²) in [6.45, 7) is 0. The van der Waals surface area contributed by atoms with E-state index >= 15 is 0 Å². The van der Waals surface area contributed by atoms with Crippen molar-refractivity contribution in [2.75, 3.05) is 5.75 Å². The first kappa shape index (κ1) is 17.9. The topological polar surface area (TPSA) is 101 Å². The first-order valence-corrected chi connectivity index (χ1v) is 8.60. The Hall–Kier alpha value is -2.94. The molecule has 1 aliphatic heterocycles. The van der Waals surface area contributed by atoms with Gasteiger partial charge in [0.1, 0.15) is 17.2 Å². The summed E-state index contributed by atoms with van der Waals surface area (Å²) in [7, 11) is 0. The Labute approximate surface area is 151 Å². The van der Waals surface area contributed by atoms with Gasteiger partial charge < -0.3 is 10.0 Å². The van der Waals surface area contributed by atoms with Crippen molar-refractivity contribution in [1.82, 2.24) is 4.90 Å². The van der Waals surface area contributed by atoms with Crippen LogP contribution in [-0.4, -0.2) is 38.6 Å². The summed E-state index contributed by atoms with van der Waals surface area (Å²) < 4.78 is 13.2. The van der Waals surface area contributed by atoms with Gasteiger partial charge >= 0.3 is 5.97 Å². The van der Waals surface area contributed by atoms with Gasteiger partial charge in [0, 0.05) is 23.4 Å². The number of halogens is 1. The largest absolute Gasteiger partial charge is 0.480 e. The highest BCUT2D eigenvalue weighted by Crippen LogP contribution is 2.42. The molecular weight excluding hydrogens is 363 g/mol. The molecule has 2 aromatic carbocycles. The Balaban J connectivity index is 1.95. The lowest BCUT2D eigenvalue weighted by Crippen LogP contribution is -2.42. The van der Waals surface area contributed by atoms with Crippen LogP contribution in [0.1, 0.15) is 21.3 Å². The molecule has 1 heterocycles. The summed E-state index contributed by atoms with van der Waals surface area (Å²) in [5, 5.41) is 19.6. The van der Waals surface area contributed by atoms with Crippen LogP contribution in [0, 0.1) is 15.9 Å². The van der Waals surface area contributed by atoms with Gasteiger partial charge in [-0.25, -0.2) is 9.18 Å². The maximum atomic E-state index is 13.2. The molecule has 0 bridgehead atoms. The summed E-state index contributed by atoms with van der Waals surface area (Å²) in [4.78, 5) is 35.8. The number of carbonyl (C=O) groups is 2. The third kappa shape index (κ3) is 3.38. The van der Waals surface area contributed by atoms with Crippen molar-refractivity contribution >= 4 is 29.3 Å². The van der Waals surface area contributed by atoms with Crippen molar-refractivity contribution in [3.8, 4) is 0 Å². The molecule has 0 spiro atoms. The van der Waals surface area contributed by atoms with Crippen LogP contribution in [0.5, 0.6) is 0 Å². The first-order valence-electron chi connectivity index (χ1n) is 7.55. The zero-order valence-corrected chi connectivity index (χ0v) is 14.1. The lowest BCUT2D eigenvalue weighted by molar-refractivity contribution is -0.384. The minimum Gasteiger partial charge on any atom is -0.480 e. The maximum absolute atomic E-state index is 13.2. The molecule has 1 saturated heterocycles. The molecule has 0 aliphatic carbocycles. The molecule has 1 amide bonds. The number of hydrogen-bond donors (Lipinski definition) is 1. The molecule has 2 atom stereocenters. The molecule has 2 unspecified atom stereocenters. The van der Waals surface area contributed by atoms with Crippen LogP contribution >= 0.6 is 11.8 Å². The van der Waals surface area contributed by atoms with E-state index in [4.69, 9.17) is 0 Å². The van der Waals surface area contributed by atoms with Gasteiger partial charge in [-0.3, -0.25) is 14.9 Å². The smallest absolute Gasteiger partial charge is 0.327 e. The number of thioether (sulfide) groups is 1. The highest BCUT2D eigenvalue weighted by molar-refractivity contribution is 7.99. The number of amides is 1. The van der Waals surface area contributed by atoms with Crippen LogP contribution in [0.25, 0.3) is 0 Å². The van der Waals surface area contributed by atoms with Crippen molar-refractivity contribution in [2.45, 2.75) is 11.4 Å². The van der Waals surface area contributed by atoms with Crippen molar-refractivity contribution in [2.24, 2.45) is 0 Å². The van der Waals surface area contributed by atoms with Crippen LogP contribution < -0.4 is 0 Å². The third-order valence-electron chi connectivity index (χ3n) is 4.00. The zero-order valence-electron chi connectivity index (χ0n) is 13.2. The molecule has 9 heteroatoms. The Bertz CT molecular complexity index is 856. The van der Waals surface area contributed by atoms with Crippen LogP contribution in [0.2, 0.25) is 0 Å². The Morgan fingerprint density at radius 1 is 1.15 bits per heavy atom. The third-order valence-corrected chi connectivity index (χ3v) is 5.32. The minimum absolute atomic E-state index is 0.150. The predicted molar refractivity (Wildman–Crippen MR) is 92.3 cm³/mol. The SMILES string of the molecule is O=C(O)C1CSC(c2ccc(F)cc2)N1C(=O)c1ccc([N+](=O)[O-])cc1. The van der Waals surface area contributed by atoms with Crippen molar-refractivity contribution in [1.29, 1.82) is 0 Å². The summed E-state index contributed by atoms with van der Waals surface area (Å²) >= 11 is 1.27. The highest BCUT2D eigenvalue weighted by Gasteiger charge is 2.42. The van der Waals surface area contributed by atoms with Gasteiger partial charge in [-0.05, 0) is 29.8 Å². The van der Waals surface area contributed by atoms with Gasteiger partial charge in [0.2, 0.25) is 0 Å². The number of aliphatic carboxylic acids is 1. The number of nitro groups is 1. The van der Waals surface area contributed by atoms with Crippen LogP contribution in [0.15, 0.2) is 48.5 Å². The fourth-order valence-corrected chi connectivity index (χ4v) is 4.12. The first-order chi connectivity index (χ1) is 12.4. The van der Waals surface area contributed by atoms with Crippen molar-refractivity contribution in [3.63, 3.8) is 0 Å². The molecular formula is C17H13FN2O5S. The predicted octanol–water partition coefficient (Wildman–Crippen LogP) is 3.07. The molecule has 1 fully saturated rings. The van der Waals surface area contributed by atoms with E-state index < -0.39 is 34.0 Å². The van der Waals surface area contributed by atoms with E-state index in [1.165, 1.54) is 65.2 Å². The van der Waals surface area contributed by atoms with E-state index in [9.17, 15) is 29.2 Å². The number of nitro benzene ring substituents is 1. The van der Waals surface area contributed by atoms with Crippen LogP contribution in [0.4, 0.5) is 10.1 Å². The van der Waals surface area contributed by atoms with Gasteiger partial charge in [-0.15, -0.1) is 11.8 Å². The molecule has 3 rings (SSSR count). The lowest BCUT2D eigenvalue weighted by Gasteiger charge is -2.27. The monoisotopic (exact) mass is 376 g/mol. The number of carboxylic acid groups (broad SMARTS) is 1. The second-order valence-electron chi connectivity index (χ2n) is 5.61. The number of hydrogen-bond acceptors (Lipinski definition) is 5. The Morgan fingerprint density at radius 2 is 1.77 bits per heavy atom. The van der Waals surface area contributed by atoms with Gasteiger partial charge in [0.05, 0.1) is 4.92 Å². The van der Waals surface area contributed by atoms with Crippen molar-refractivity contribution in [3.05, 3.63) is 75.6 Å². The molecule has 7 nitrogen and oxygen atoms in total. The van der Waals surface area contributed by atoms with Gasteiger partial charge in [-0.2, -0.15) is 0 Å². The molecule has 134 valence electrons. The van der Waals surface area contributed by atoms with Crippen molar-refractivity contribution < 1.29 is 24.0 Å². The number of non-ortho nitro benzene ring substituents is 1. The average Bonchev–Trinajstić information content (AvgIpc) is 3.07. The molecule has 2 aromatic rings. The minimum atomic E-state index is -1.14. The summed E-state index contributed by atoms with van der Waals surface area (Å²) in [5.41, 5.74) is 0.592. The number of carboxylic acids is 1. The van der Waals surface area contributed by atoms with Crippen LogP contribution in [0.3, 0.4) is 0 Å². The van der Waals surface area contributed by atoms with E-state index in [1.54, 1.807) is 0 Å². The van der Waals surface area contributed by atoms with Gasteiger partial charge in [-0.1, -0.05) is 12.1 Å². The van der Waals surface area contributed by atoms with E-state index in [-0.39, 0.29) is 17.0 Å². The van der Waals surface area contributed by atoms with E-state index in [2.05, 4.69) is 0 Å². The summed E-state index contributed by atoms with van der Waals surface area (Å²) in [5.74, 6) is -1.93. The van der Waals surface area contributed by atoms with E-state index in [0.717, 1.165) is 0 Å². The number of carbonyl (C=O) groups excluding carboxylic acids is 1. The average molecular weight is 376 g/mol. The highest BCUT2D eigenvalue weighted by atomic mass is 32.2. The normalized spacial score (nSPS) is 19.3. The Kier molecular flexibility index (Phi) is 4.90. The summed E-state index contributed by atoms with van der Waals surface area (Å²) in [6.07, 6.45) is 0. The molecule has 0 radical (unpaired) electrons. The van der Waals surface area contributed by atoms with Gasteiger partial charge in [0.15, 0.2) is 0 Å². The molecule has 1 N–H and O–H groups in total. The Morgan fingerprint density at radius 3 is 2.31 bits per heavy atom. The second kappa shape index (κ2) is 7.12. The number of nitrogens with zero attached hydrogens (tertiary/aromatic N) is 2. The molecule has 1 aliphatic rings. The second-order valence-corrected chi connectivity index (χ2v) is 6.72. The quantitative estimate of drug-likeness (QED) is 0.650. The lowest BCUT2D eigenvalue weighted by atomic mass is 10.1. The van der Waals surface area contributed by atoms with Crippen LogP contribution in [-0.2, 0) is 4.79 Å². The maximum Gasteiger partial charge on any atom is 0.327 e. The standard InChI is InChI=1S/C17H13FN2O5S/c18-12-5-1-11(2-6-12)16-19(14(9-26-16)17(22)23)15(21)10-3-7-13(8-4-10)20(24)25/h1-8,14,16H,9H2,(H,22,23).